The molecule has 0 radical (unpaired) electrons. The minimum Gasteiger partial charge on any atom is -0.862 e. The quantitative estimate of drug-likeness (QED) is 0.0511. The van der Waals surface area contributed by atoms with E-state index in [4.69, 9.17) is 5.11 Å². The van der Waals surface area contributed by atoms with Gasteiger partial charge >= 0.3 is 5.97 Å². The highest BCUT2D eigenvalue weighted by Gasteiger charge is 2.20. The number of hydrogen-bond acceptors (Lipinski definition) is 7. The van der Waals surface area contributed by atoms with Crippen LogP contribution in [0.2, 0.25) is 0 Å². The number of carbonyl (C=O) groups excluding carboxylic acids is 4. The van der Waals surface area contributed by atoms with E-state index in [1.165, 1.54) is 6.42 Å². The molecule has 0 saturated heterocycles. The SMILES string of the molecule is CCCCCCCC(=O)NCCC(=O)NC(CCCCNC(=O)CCN=C([O-])CCCCCCC)C(=O)NCCC(=O)O. The summed E-state index contributed by atoms with van der Waals surface area (Å²) in [5, 5.41) is 31.3. The average Bonchev–Trinajstić information content (AvgIpc) is 2.95. The molecule has 1 atom stereocenters. The highest BCUT2D eigenvalue weighted by atomic mass is 16.4. The highest BCUT2D eigenvalue weighted by molar-refractivity contribution is 5.88. The van der Waals surface area contributed by atoms with Crippen LogP contribution in [0.25, 0.3) is 0 Å². The normalized spacial score (nSPS) is 11.9. The number of carbonyl (C=O) groups is 5. The average molecular weight is 611 g/mol. The van der Waals surface area contributed by atoms with Gasteiger partial charge in [0.05, 0.1) is 6.42 Å². The van der Waals surface area contributed by atoms with Gasteiger partial charge in [-0.3, -0.25) is 24.0 Å². The van der Waals surface area contributed by atoms with Crippen LogP contribution in [-0.4, -0.2) is 72.8 Å². The molecule has 248 valence electrons. The number of rotatable bonds is 28. The zero-order valence-electron chi connectivity index (χ0n) is 26.5. The van der Waals surface area contributed by atoms with Crippen LogP contribution in [-0.2, 0) is 24.0 Å². The third-order valence-electron chi connectivity index (χ3n) is 6.83. The molecular formula is C31H56N5O7-. The minimum absolute atomic E-state index is 0.0168. The van der Waals surface area contributed by atoms with Crippen molar-refractivity contribution in [2.45, 2.75) is 135 Å². The van der Waals surface area contributed by atoms with E-state index in [2.05, 4.69) is 40.1 Å². The number of carboxylic acid groups (broad SMARTS) is 1. The molecule has 0 bridgehead atoms. The molecule has 12 heteroatoms. The first-order chi connectivity index (χ1) is 20.7. The molecule has 0 aromatic carbocycles. The molecule has 1 unspecified atom stereocenters. The van der Waals surface area contributed by atoms with E-state index < -0.39 is 23.8 Å². The summed E-state index contributed by atoms with van der Waals surface area (Å²) in [6, 6.07) is -0.863. The molecule has 0 fully saturated rings. The summed E-state index contributed by atoms with van der Waals surface area (Å²) in [5.41, 5.74) is 0. The standard InChI is InChI=1S/C31H57N5O7/c1-3-5-7-9-11-16-26(37)33-22-18-28(39)32-21-14-13-15-25(31(43)35-24-20-30(41)42)36-29(40)19-23-34-27(38)17-12-10-8-6-4-2/h25H,3-24H2,1-2H3,(H,32,39)(H,33,37)(H,34,38)(H,35,43)(H,36,40)(H,41,42)/p-1. The highest BCUT2D eigenvalue weighted by Crippen LogP contribution is 2.06. The summed E-state index contributed by atoms with van der Waals surface area (Å²) in [7, 11) is 0. The molecule has 0 aliphatic heterocycles. The van der Waals surface area contributed by atoms with Gasteiger partial charge in [0, 0.05) is 45.4 Å². The number of amides is 4. The lowest BCUT2D eigenvalue weighted by atomic mass is 10.1. The van der Waals surface area contributed by atoms with Crippen LogP contribution in [0.15, 0.2) is 4.99 Å². The molecule has 12 nitrogen and oxygen atoms in total. The Labute approximate surface area is 257 Å². The van der Waals surface area contributed by atoms with Crippen molar-refractivity contribution in [3.8, 4) is 0 Å². The van der Waals surface area contributed by atoms with Gasteiger partial charge in [0.1, 0.15) is 6.04 Å². The van der Waals surface area contributed by atoms with Crippen molar-refractivity contribution < 1.29 is 34.2 Å². The minimum atomic E-state index is -1.04. The smallest absolute Gasteiger partial charge is 0.305 e. The Balaban J connectivity index is 4.40. The number of hydrogen-bond donors (Lipinski definition) is 5. The Morgan fingerprint density at radius 3 is 1.86 bits per heavy atom. The Morgan fingerprint density at radius 2 is 1.21 bits per heavy atom. The van der Waals surface area contributed by atoms with Crippen LogP contribution in [0.5, 0.6) is 0 Å². The van der Waals surface area contributed by atoms with Crippen molar-refractivity contribution in [2.75, 3.05) is 26.2 Å². The van der Waals surface area contributed by atoms with Gasteiger partial charge in [0.15, 0.2) is 0 Å². The lowest BCUT2D eigenvalue weighted by molar-refractivity contribution is -0.219. The molecule has 0 aromatic heterocycles. The second-order valence-corrected chi connectivity index (χ2v) is 10.9. The van der Waals surface area contributed by atoms with Crippen LogP contribution < -0.4 is 26.4 Å². The fourth-order valence-electron chi connectivity index (χ4n) is 4.27. The van der Waals surface area contributed by atoms with Gasteiger partial charge in [0.2, 0.25) is 23.6 Å². The van der Waals surface area contributed by atoms with E-state index in [1.807, 2.05) is 0 Å². The summed E-state index contributed by atoms with van der Waals surface area (Å²) < 4.78 is 0. The summed E-state index contributed by atoms with van der Waals surface area (Å²) >= 11 is 0. The van der Waals surface area contributed by atoms with Crippen LogP contribution in [0.1, 0.15) is 129 Å². The first-order valence-corrected chi connectivity index (χ1v) is 16.2. The molecule has 4 amide bonds. The maximum atomic E-state index is 12.6. The lowest BCUT2D eigenvalue weighted by Gasteiger charge is -2.18. The lowest BCUT2D eigenvalue weighted by Crippen LogP contribution is -2.47. The second kappa shape index (κ2) is 27.6. The molecule has 43 heavy (non-hydrogen) atoms. The van der Waals surface area contributed by atoms with E-state index in [0.29, 0.717) is 38.6 Å². The Hall–Kier alpha value is -3.18. The maximum Gasteiger partial charge on any atom is 0.305 e. The molecule has 0 saturated carbocycles. The molecule has 5 N–H and O–H groups in total. The van der Waals surface area contributed by atoms with E-state index in [0.717, 1.165) is 57.8 Å². The summed E-state index contributed by atoms with van der Waals surface area (Å²) in [6.07, 6.45) is 12.6. The zero-order chi connectivity index (χ0) is 32.1. The maximum absolute atomic E-state index is 12.6. The third kappa shape index (κ3) is 26.2. The number of aliphatic carboxylic acids is 1. The van der Waals surface area contributed by atoms with Gasteiger partial charge in [-0.2, -0.15) is 0 Å². The van der Waals surface area contributed by atoms with Crippen LogP contribution >= 0.6 is 0 Å². The number of carboxylic acids is 1. The Morgan fingerprint density at radius 1 is 0.628 bits per heavy atom. The Bertz CT molecular complexity index is 835. The van der Waals surface area contributed by atoms with Gasteiger partial charge in [-0.15, -0.1) is 0 Å². The summed E-state index contributed by atoms with van der Waals surface area (Å²) in [6.45, 7) is 4.90. The first-order valence-electron chi connectivity index (χ1n) is 16.2. The number of nitrogens with zero attached hydrogens (tertiary/aromatic N) is 1. The fraction of sp³-hybridized carbons (Fsp3) is 0.806. The van der Waals surface area contributed by atoms with Crippen molar-refractivity contribution in [3.05, 3.63) is 0 Å². The van der Waals surface area contributed by atoms with Gasteiger partial charge in [-0.1, -0.05) is 65.2 Å². The van der Waals surface area contributed by atoms with Crippen molar-refractivity contribution in [1.29, 1.82) is 0 Å². The van der Waals surface area contributed by atoms with E-state index in [-0.39, 0.29) is 56.6 Å². The first kappa shape index (κ1) is 39.8. The third-order valence-corrected chi connectivity index (χ3v) is 6.83. The van der Waals surface area contributed by atoms with Gasteiger partial charge in [-0.05, 0) is 44.4 Å². The van der Waals surface area contributed by atoms with Crippen molar-refractivity contribution >= 4 is 35.5 Å². The largest absolute Gasteiger partial charge is 0.862 e. The van der Waals surface area contributed by atoms with Gasteiger partial charge < -0.3 is 36.5 Å². The summed E-state index contributed by atoms with van der Waals surface area (Å²) in [5.74, 6) is -2.40. The Kier molecular flexibility index (Phi) is 25.6. The van der Waals surface area contributed by atoms with Crippen molar-refractivity contribution in [2.24, 2.45) is 4.99 Å². The van der Waals surface area contributed by atoms with Crippen molar-refractivity contribution in [1.82, 2.24) is 21.3 Å². The molecule has 0 aliphatic rings. The number of nitrogens with one attached hydrogen (secondary N) is 4. The van der Waals surface area contributed by atoms with Crippen LogP contribution in [0.3, 0.4) is 0 Å². The predicted molar refractivity (Wildman–Crippen MR) is 165 cm³/mol. The topological polar surface area (TPSA) is 189 Å². The van der Waals surface area contributed by atoms with Gasteiger partial charge in [0.25, 0.3) is 0 Å². The van der Waals surface area contributed by atoms with E-state index >= 15 is 0 Å². The fourth-order valence-corrected chi connectivity index (χ4v) is 4.27. The second-order valence-electron chi connectivity index (χ2n) is 10.9. The number of aliphatic imine (C=N–C) groups is 1. The molecule has 0 aliphatic carbocycles. The van der Waals surface area contributed by atoms with Gasteiger partial charge in [-0.25, -0.2) is 0 Å². The summed E-state index contributed by atoms with van der Waals surface area (Å²) in [4.78, 5) is 63.8. The van der Waals surface area contributed by atoms with E-state index in [9.17, 15) is 29.1 Å². The monoisotopic (exact) mass is 610 g/mol. The molecule has 0 spiro atoms. The van der Waals surface area contributed by atoms with E-state index in [1.54, 1.807) is 0 Å². The van der Waals surface area contributed by atoms with Crippen LogP contribution in [0, 0.1) is 0 Å². The molecular weight excluding hydrogens is 554 g/mol. The van der Waals surface area contributed by atoms with Crippen molar-refractivity contribution in [3.63, 3.8) is 0 Å². The molecule has 0 rings (SSSR count). The molecule has 0 heterocycles. The van der Waals surface area contributed by atoms with Crippen LogP contribution in [0.4, 0.5) is 0 Å². The molecule has 0 aromatic rings. The zero-order valence-corrected chi connectivity index (χ0v) is 26.5. The predicted octanol–water partition coefficient (Wildman–Crippen LogP) is 2.72. The number of unbranched alkanes of at least 4 members (excludes halogenated alkanes) is 9.